The van der Waals surface area contributed by atoms with Crippen molar-refractivity contribution in [1.82, 2.24) is 9.55 Å². The maximum Gasteiger partial charge on any atom is 0.0953 e. The van der Waals surface area contributed by atoms with Crippen LogP contribution in [-0.2, 0) is 13.5 Å². The second kappa shape index (κ2) is 2.53. The largest absolute Gasteiger partial charge is 0.337 e. The Labute approximate surface area is 66.6 Å². The van der Waals surface area contributed by atoms with Crippen molar-refractivity contribution >= 4 is 6.08 Å². The van der Waals surface area contributed by atoms with E-state index in [1.54, 1.807) is 0 Å². The standard InChI is InChI=1S/C9H12N2/c1-11-7-10-8-5-3-2-4-6-9(8)11/h3,5,7H,2,4,6H2,1H3. The monoisotopic (exact) mass is 148 g/mol. The fourth-order valence-corrected chi connectivity index (χ4v) is 1.50. The molecule has 0 spiro atoms. The van der Waals surface area contributed by atoms with Crippen LogP contribution in [0.4, 0.5) is 0 Å². The fourth-order valence-electron chi connectivity index (χ4n) is 1.50. The van der Waals surface area contributed by atoms with Gasteiger partial charge in [0.25, 0.3) is 0 Å². The highest BCUT2D eigenvalue weighted by atomic mass is 15.0. The summed E-state index contributed by atoms with van der Waals surface area (Å²) in [5.41, 5.74) is 2.53. The molecule has 0 N–H and O–H groups in total. The number of aromatic nitrogens is 2. The van der Waals surface area contributed by atoms with E-state index in [2.05, 4.69) is 28.8 Å². The summed E-state index contributed by atoms with van der Waals surface area (Å²) in [6.45, 7) is 0. The quantitative estimate of drug-likeness (QED) is 0.548. The lowest BCUT2D eigenvalue weighted by molar-refractivity contribution is 0.761. The Morgan fingerprint density at radius 3 is 3.36 bits per heavy atom. The molecule has 1 heterocycles. The Kier molecular flexibility index (Phi) is 1.53. The number of rotatable bonds is 0. The lowest BCUT2D eigenvalue weighted by atomic mass is 10.2. The molecule has 2 rings (SSSR count). The zero-order chi connectivity index (χ0) is 7.68. The molecule has 0 fully saturated rings. The highest BCUT2D eigenvalue weighted by Gasteiger charge is 2.07. The lowest BCUT2D eigenvalue weighted by Crippen LogP contribution is -1.95. The van der Waals surface area contributed by atoms with Crippen LogP contribution < -0.4 is 0 Å². The minimum atomic E-state index is 1.16. The summed E-state index contributed by atoms with van der Waals surface area (Å²) in [6.07, 6.45) is 9.83. The Hall–Kier alpha value is -1.05. The summed E-state index contributed by atoms with van der Waals surface area (Å²) in [4.78, 5) is 4.29. The van der Waals surface area contributed by atoms with Crippen LogP contribution in [0, 0.1) is 0 Å². The molecule has 0 unspecified atom stereocenters. The van der Waals surface area contributed by atoms with Gasteiger partial charge in [0.1, 0.15) is 0 Å². The van der Waals surface area contributed by atoms with Gasteiger partial charge in [-0.15, -0.1) is 0 Å². The van der Waals surface area contributed by atoms with E-state index >= 15 is 0 Å². The Morgan fingerprint density at radius 1 is 1.55 bits per heavy atom. The van der Waals surface area contributed by atoms with Gasteiger partial charge in [-0.25, -0.2) is 4.98 Å². The van der Waals surface area contributed by atoms with E-state index in [9.17, 15) is 0 Å². The first kappa shape index (κ1) is 6.65. The molecule has 1 aliphatic carbocycles. The molecular weight excluding hydrogens is 136 g/mol. The first-order valence-electron chi connectivity index (χ1n) is 4.04. The Morgan fingerprint density at radius 2 is 2.45 bits per heavy atom. The number of nitrogens with zero attached hydrogens (tertiary/aromatic N) is 2. The third kappa shape index (κ3) is 1.09. The topological polar surface area (TPSA) is 17.8 Å². The fraction of sp³-hybridized carbons (Fsp3) is 0.444. The van der Waals surface area contributed by atoms with E-state index in [0.29, 0.717) is 0 Å². The number of hydrogen-bond acceptors (Lipinski definition) is 1. The molecule has 0 aromatic carbocycles. The molecule has 0 amide bonds. The van der Waals surface area contributed by atoms with Crippen molar-refractivity contribution in [1.29, 1.82) is 0 Å². The van der Waals surface area contributed by atoms with Crippen molar-refractivity contribution in [3.63, 3.8) is 0 Å². The summed E-state index contributed by atoms with van der Waals surface area (Å²) in [5.74, 6) is 0. The summed E-state index contributed by atoms with van der Waals surface area (Å²) in [5, 5.41) is 0. The number of hydrogen-bond donors (Lipinski definition) is 0. The van der Waals surface area contributed by atoms with Gasteiger partial charge in [0, 0.05) is 12.7 Å². The first-order valence-corrected chi connectivity index (χ1v) is 4.04. The van der Waals surface area contributed by atoms with Gasteiger partial charge in [-0.1, -0.05) is 6.08 Å². The molecule has 11 heavy (non-hydrogen) atoms. The second-order valence-electron chi connectivity index (χ2n) is 2.98. The van der Waals surface area contributed by atoms with E-state index in [0.717, 1.165) is 5.69 Å². The van der Waals surface area contributed by atoms with Gasteiger partial charge in [0.05, 0.1) is 12.0 Å². The lowest BCUT2D eigenvalue weighted by Gasteiger charge is -1.99. The average molecular weight is 148 g/mol. The van der Waals surface area contributed by atoms with E-state index in [4.69, 9.17) is 0 Å². The zero-order valence-corrected chi connectivity index (χ0v) is 6.75. The van der Waals surface area contributed by atoms with Gasteiger partial charge in [-0.3, -0.25) is 0 Å². The van der Waals surface area contributed by atoms with Gasteiger partial charge in [-0.2, -0.15) is 0 Å². The van der Waals surface area contributed by atoms with E-state index in [1.165, 1.54) is 25.0 Å². The molecule has 0 saturated carbocycles. The van der Waals surface area contributed by atoms with Crippen molar-refractivity contribution in [2.75, 3.05) is 0 Å². The van der Waals surface area contributed by atoms with Gasteiger partial charge in [-0.05, 0) is 25.3 Å². The molecule has 1 aromatic heterocycles. The minimum absolute atomic E-state index is 1.16. The van der Waals surface area contributed by atoms with Crippen molar-refractivity contribution in [2.45, 2.75) is 19.3 Å². The molecule has 1 aliphatic rings. The number of aryl methyl sites for hydroxylation is 1. The van der Waals surface area contributed by atoms with Crippen molar-refractivity contribution < 1.29 is 0 Å². The van der Waals surface area contributed by atoms with Gasteiger partial charge in [0.2, 0.25) is 0 Å². The highest BCUT2D eigenvalue weighted by molar-refractivity contribution is 5.48. The van der Waals surface area contributed by atoms with Crippen LogP contribution in [-0.4, -0.2) is 9.55 Å². The SMILES string of the molecule is Cn1cnc2c1CCCC=C2. The molecule has 0 aliphatic heterocycles. The van der Waals surface area contributed by atoms with Crippen LogP contribution in [0.2, 0.25) is 0 Å². The molecule has 0 bridgehead atoms. The van der Waals surface area contributed by atoms with E-state index in [-0.39, 0.29) is 0 Å². The van der Waals surface area contributed by atoms with Crippen molar-refractivity contribution in [3.8, 4) is 0 Å². The van der Waals surface area contributed by atoms with Crippen LogP contribution in [0.5, 0.6) is 0 Å². The third-order valence-electron chi connectivity index (χ3n) is 2.15. The average Bonchev–Trinajstić information content (AvgIpc) is 2.25. The smallest absolute Gasteiger partial charge is 0.0953 e. The van der Waals surface area contributed by atoms with E-state index < -0.39 is 0 Å². The van der Waals surface area contributed by atoms with Gasteiger partial charge < -0.3 is 4.57 Å². The highest BCUT2D eigenvalue weighted by Crippen LogP contribution is 2.15. The number of allylic oxidation sites excluding steroid dienone is 1. The summed E-state index contributed by atoms with van der Waals surface area (Å²) >= 11 is 0. The van der Waals surface area contributed by atoms with Crippen LogP contribution in [0.15, 0.2) is 12.4 Å². The van der Waals surface area contributed by atoms with Gasteiger partial charge >= 0.3 is 0 Å². The van der Waals surface area contributed by atoms with Crippen molar-refractivity contribution in [3.05, 3.63) is 23.8 Å². The summed E-state index contributed by atoms with van der Waals surface area (Å²) in [7, 11) is 2.06. The molecular formula is C9H12N2. The predicted octanol–water partition coefficient (Wildman–Crippen LogP) is 1.77. The van der Waals surface area contributed by atoms with Crippen molar-refractivity contribution in [2.24, 2.45) is 7.05 Å². The molecule has 1 aromatic rings. The first-order chi connectivity index (χ1) is 5.38. The van der Waals surface area contributed by atoms with E-state index in [1.807, 2.05) is 6.33 Å². The summed E-state index contributed by atoms with van der Waals surface area (Å²) in [6, 6.07) is 0. The molecule has 0 radical (unpaired) electrons. The second-order valence-corrected chi connectivity index (χ2v) is 2.98. The molecule has 58 valence electrons. The maximum atomic E-state index is 4.29. The minimum Gasteiger partial charge on any atom is -0.337 e. The molecule has 0 saturated heterocycles. The maximum absolute atomic E-state index is 4.29. The van der Waals surface area contributed by atoms with Crippen LogP contribution in [0.1, 0.15) is 24.2 Å². The molecule has 2 nitrogen and oxygen atoms in total. The van der Waals surface area contributed by atoms with Crippen LogP contribution in [0.25, 0.3) is 6.08 Å². The zero-order valence-electron chi connectivity index (χ0n) is 6.75. The molecule has 0 atom stereocenters. The Bertz CT molecular complexity index is 284. The normalized spacial score (nSPS) is 16.1. The van der Waals surface area contributed by atoms with Crippen LogP contribution in [0.3, 0.4) is 0 Å². The predicted molar refractivity (Wildman–Crippen MR) is 45.2 cm³/mol. The van der Waals surface area contributed by atoms with Gasteiger partial charge in [0.15, 0.2) is 0 Å². The molecule has 2 heteroatoms. The third-order valence-corrected chi connectivity index (χ3v) is 2.15. The Balaban J connectivity index is 2.47. The number of imidazole rings is 1. The summed E-state index contributed by atoms with van der Waals surface area (Å²) < 4.78 is 2.12. The number of fused-ring (bicyclic) bond motifs is 1. The van der Waals surface area contributed by atoms with Crippen LogP contribution >= 0.6 is 0 Å².